The van der Waals surface area contributed by atoms with Crippen molar-refractivity contribution in [2.24, 2.45) is 5.41 Å². The number of carbonyl (C=O) groups is 1. The second-order valence-corrected chi connectivity index (χ2v) is 4.45. The van der Waals surface area contributed by atoms with Gasteiger partial charge in [-0.3, -0.25) is 4.79 Å². The molecular formula is C8H11BrO2. The average Bonchev–Trinajstić information content (AvgIpc) is 2.08. The zero-order chi connectivity index (χ0) is 8.65. The van der Waals surface area contributed by atoms with Crippen molar-refractivity contribution in [3.8, 4) is 0 Å². The maximum atomic E-state index is 11.1. The van der Waals surface area contributed by atoms with Gasteiger partial charge in [-0.1, -0.05) is 22.5 Å². The van der Waals surface area contributed by atoms with Crippen LogP contribution in [0.5, 0.6) is 0 Å². The maximum Gasteiger partial charge on any atom is 0.312 e. The Morgan fingerprint density at radius 1 is 1.82 bits per heavy atom. The first kappa shape index (κ1) is 8.78. The largest absolute Gasteiger partial charge is 0.457 e. The molecule has 1 saturated heterocycles. The Morgan fingerprint density at radius 2 is 2.36 bits per heavy atom. The molecule has 0 N–H and O–H groups in total. The molecule has 1 rings (SSSR count). The lowest BCUT2D eigenvalue weighted by Crippen LogP contribution is -2.16. The molecule has 3 heteroatoms. The van der Waals surface area contributed by atoms with E-state index in [0.29, 0.717) is 0 Å². The molecule has 1 heterocycles. The fourth-order valence-electron chi connectivity index (χ4n) is 1.05. The second kappa shape index (κ2) is 2.63. The zero-order valence-corrected chi connectivity index (χ0v) is 8.27. The summed E-state index contributed by atoms with van der Waals surface area (Å²) in [5, 5.41) is 0. The van der Waals surface area contributed by atoms with Crippen LogP contribution in [0.25, 0.3) is 0 Å². The SMILES string of the molecule is C=C(Br)C1CC(C)(C)C(=O)O1. The molecule has 0 saturated carbocycles. The van der Waals surface area contributed by atoms with E-state index in [1.54, 1.807) is 0 Å². The Balaban J connectivity index is 2.72. The van der Waals surface area contributed by atoms with Crippen LogP contribution in [0.3, 0.4) is 0 Å². The van der Waals surface area contributed by atoms with Crippen molar-refractivity contribution in [2.75, 3.05) is 0 Å². The topological polar surface area (TPSA) is 26.3 Å². The van der Waals surface area contributed by atoms with Crippen molar-refractivity contribution in [3.63, 3.8) is 0 Å². The lowest BCUT2D eigenvalue weighted by molar-refractivity contribution is -0.146. The molecule has 0 bridgehead atoms. The predicted molar refractivity (Wildman–Crippen MR) is 46.3 cm³/mol. The average molecular weight is 219 g/mol. The van der Waals surface area contributed by atoms with E-state index in [4.69, 9.17) is 4.74 Å². The van der Waals surface area contributed by atoms with E-state index in [9.17, 15) is 4.79 Å². The third-order valence-corrected chi connectivity index (χ3v) is 2.36. The molecule has 2 nitrogen and oxygen atoms in total. The van der Waals surface area contributed by atoms with Crippen LogP contribution in [0, 0.1) is 5.41 Å². The Morgan fingerprint density at radius 3 is 2.55 bits per heavy atom. The summed E-state index contributed by atoms with van der Waals surface area (Å²) in [6, 6.07) is 0. The summed E-state index contributed by atoms with van der Waals surface area (Å²) >= 11 is 3.21. The van der Waals surface area contributed by atoms with E-state index >= 15 is 0 Å². The number of esters is 1. The van der Waals surface area contributed by atoms with E-state index in [0.717, 1.165) is 10.9 Å². The highest BCUT2D eigenvalue weighted by molar-refractivity contribution is 9.11. The van der Waals surface area contributed by atoms with Crippen molar-refractivity contribution in [1.29, 1.82) is 0 Å². The van der Waals surface area contributed by atoms with Crippen molar-refractivity contribution < 1.29 is 9.53 Å². The van der Waals surface area contributed by atoms with Gasteiger partial charge in [0.2, 0.25) is 0 Å². The Bertz CT molecular complexity index is 208. The first-order chi connectivity index (χ1) is 4.93. The molecule has 1 unspecified atom stereocenters. The van der Waals surface area contributed by atoms with E-state index in [-0.39, 0.29) is 17.5 Å². The summed E-state index contributed by atoms with van der Waals surface area (Å²) in [6.45, 7) is 7.44. The van der Waals surface area contributed by atoms with Crippen molar-refractivity contribution in [3.05, 3.63) is 11.1 Å². The quantitative estimate of drug-likeness (QED) is 0.632. The lowest BCUT2D eigenvalue weighted by Gasteiger charge is -2.09. The molecule has 1 aliphatic rings. The lowest BCUT2D eigenvalue weighted by atomic mass is 9.90. The van der Waals surface area contributed by atoms with Crippen LogP contribution in [-0.4, -0.2) is 12.1 Å². The van der Waals surface area contributed by atoms with E-state index < -0.39 is 0 Å². The fourth-order valence-corrected chi connectivity index (χ4v) is 1.31. The van der Waals surface area contributed by atoms with Gasteiger partial charge in [-0.25, -0.2) is 0 Å². The molecule has 1 aliphatic heterocycles. The van der Waals surface area contributed by atoms with E-state index in [1.807, 2.05) is 13.8 Å². The number of halogens is 1. The standard InChI is InChI=1S/C8H11BrO2/c1-5(9)6-4-8(2,3)7(10)11-6/h6H,1,4H2,2-3H3. The number of ether oxygens (including phenoxy) is 1. The Hall–Kier alpha value is -0.310. The van der Waals surface area contributed by atoms with E-state index in [2.05, 4.69) is 22.5 Å². The van der Waals surface area contributed by atoms with Crippen molar-refractivity contribution in [2.45, 2.75) is 26.4 Å². The highest BCUT2D eigenvalue weighted by atomic mass is 79.9. The maximum absolute atomic E-state index is 11.1. The van der Waals surface area contributed by atoms with Crippen LogP contribution in [0.2, 0.25) is 0 Å². The molecule has 0 aromatic heterocycles. The van der Waals surface area contributed by atoms with Crippen LogP contribution in [-0.2, 0) is 9.53 Å². The number of cyclic esters (lactones) is 1. The molecule has 0 amide bonds. The minimum Gasteiger partial charge on any atom is -0.457 e. The van der Waals surface area contributed by atoms with Gasteiger partial charge >= 0.3 is 5.97 Å². The van der Waals surface area contributed by atoms with Crippen LogP contribution < -0.4 is 0 Å². The third kappa shape index (κ3) is 1.64. The smallest absolute Gasteiger partial charge is 0.312 e. The van der Waals surface area contributed by atoms with Crippen molar-refractivity contribution in [1.82, 2.24) is 0 Å². The summed E-state index contributed by atoms with van der Waals surface area (Å²) in [5.41, 5.74) is -0.346. The highest BCUT2D eigenvalue weighted by Gasteiger charge is 2.41. The molecule has 11 heavy (non-hydrogen) atoms. The fraction of sp³-hybridized carbons (Fsp3) is 0.625. The van der Waals surface area contributed by atoms with Crippen LogP contribution in [0.4, 0.5) is 0 Å². The number of rotatable bonds is 1. The van der Waals surface area contributed by atoms with Gasteiger partial charge in [-0.05, 0) is 13.8 Å². The minimum absolute atomic E-state index is 0.136. The predicted octanol–water partition coefficient (Wildman–Crippen LogP) is 2.24. The molecule has 0 aromatic carbocycles. The monoisotopic (exact) mass is 218 g/mol. The van der Waals surface area contributed by atoms with Crippen LogP contribution in [0.1, 0.15) is 20.3 Å². The van der Waals surface area contributed by atoms with Crippen LogP contribution >= 0.6 is 15.9 Å². The zero-order valence-electron chi connectivity index (χ0n) is 6.69. The van der Waals surface area contributed by atoms with Gasteiger partial charge in [0.15, 0.2) is 0 Å². The van der Waals surface area contributed by atoms with E-state index in [1.165, 1.54) is 0 Å². The normalized spacial score (nSPS) is 28.3. The summed E-state index contributed by atoms with van der Waals surface area (Å²) in [6.07, 6.45) is 0.577. The highest BCUT2D eigenvalue weighted by Crippen LogP contribution is 2.36. The number of carbonyl (C=O) groups excluding carboxylic acids is 1. The van der Waals surface area contributed by atoms with Gasteiger partial charge in [0.1, 0.15) is 6.10 Å². The molecule has 62 valence electrons. The molecule has 1 fully saturated rings. The third-order valence-electron chi connectivity index (χ3n) is 1.85. The van der Waals surface area contributed by atoms with Gasteiger partial charge in [0.25, 0.3) is 0 Å². The number of hydrogen-bond acceptors (Lipinski definition) is 2. The molecule has 0 radical (unpaired) electrons. The van der Waals surface area contributed by atoms with Gasteiger partial charge in [0, 0.05) is 10.9 Å². The van der Waals surface area contributed by atoms with Gasteiger partial charge < -0.3 is 4.74 Å². The Labute approximate surface area is 74.7 Å². The first-order valence-corrected chi connectivity index (χ1v) is 4.28. The molecule has 0 aliphatic carbocycles. The van der Waals surface area contributed by atoms with Crippen LogP contribution in [0.15, 0.2) is 11.1 Å². The van der Waals surface area contributed by atoms with Crippen molar-refractivity contribution >= 4 is 21.9 Å². The first-order valence-electron chi connectivity index (χ1n) is 3.49. The minimum atomic E-state index is -0.346. The summed E-state index contributed by atoms with van der Waals surface area (Å²) < 4.78 is 5.80. The van der Waals surface area contributed by atoms with Gasteiger partial charge in [0.05, 0.1) is 5.41 Å². The summed E-state index contributed by atoms with van der Waals surface area (Å²) in [5.74, 6) is -0.136. The summed E-state index contributed by atoms with van der Waals surface area (Å²) in [4.78, 5) is 11.1. The Kier molecular flexibility index (Phi) is 2.10. The van der Waals surface area contributed by atoms with Gasteiger partial charge in [-0.2, -0.15) is 0 Å². The summed E-state index contributed by atoms with van der Waals surface area (Å²) in [7, 11) is 0. The second-order valence-electron chi connectivity index (χ2n) is 3.43. The molecule has 0 spiro atoms. The molecule has 0 aromatic rings. The molecular weight excluding hydrogens is 208 g/mol. The molecule has 1 atom stereocenters. The van der Waals surface area contributed by atoms with Gasteiger partial charge in [-0.15, -0.1) is 0 Å². The number of hydrogen-bond donors (Lipinski definition) is 0.